The number of methoxy groups -OCH3 is 1. The molecule has 0 fully saturated rings. The molecule has 112 valence electrons. The monoisotopic (exact) mass is 289 g/mol. The van der Waals surface area contributed by atoms with Crippen molar-refractivity contribution in [3.05, 3.63) is 54.0 Å². The van der Waals surface area contributed by atoms with Crippen LogP contribution in [0.15, 0.2) is 47.1 Å². The second-order valence-corrected chi connectivity index (χ2v) is 4.68. The molecule has 0 saturated carbocycles. The van der Waals surface area contributed by atoms with Crippen molar-refractivity contribution < 1.29 is 19.1 Å². The van der Waals surface area contributed by atoms with Gasteiger partial charge in [-0.15, -0.1) is 0 Å². The van der Waals surface area contributed by atoms with Crippen molar-refractivity contribution in [3.63, 3.8) is 0 Å². The quantitative estimate of drug-likeness (QED) is 0.818. The first-order valence-electron chi connectivity index (χ1n) is 6.80. The zero-order chi connectivity index (χ0) is 15.1. The van der Waals surface area contributed by atoms with Gasteiger partial charge >= 0.3 is 0 Å². The first-order valence-corrected chi connectivity index (χ1v) is 6.80. The Labute approximate surface area is 123 Å². The lowest BCUT2D eigenvalue weighted by atomic mass is 10.1. The predicted octanol–water partition coefficient (Wildman–Crippen LogP) is 2.07. The number of rotatable bonds is 7. The Morgan fingerprint density at radius 2 is 2.10 bits per heavy atom. The molecular weight excluding hydrogens is 270 g/mol. The Morgan fingerprint density at radius 1 is 1.33 bits per heavy atom. The van der Waals surface area contributed by atoms with Crippen LogP contribution in [0.4, 0.5) is 0 Å². The number of carbonyl (C=O) groups excluding carboxylic acids is 1. The van der Waals surface area contributed by atoms with E-state index in [4.69, 9.17) is 9.15 Å². The molecule has 2 aromatic rings. The summed E-state index contributed by atoms with van der Waals surface area (Å²) < 4.78 is 10.1. The van der Waals surface area contributed by atoms with Gasteiger partial charge in [0.15, 0.2) is 0 Å². The topological polar surface area (TPSA) is 71.7 Å². The van der Waals surface area contributed by atoms with Crippen molar-refractivity contribution in [1.29, 1.82) is 0 Å². The molecule has 0 aliphatic heterocycles. The first-order chi connectivity index (χ1) is 10.2. The highest BCUT2D eigenvalue weighted by atomic mass is 16.5. The summed E-state index contributed by atoms with van der Waals surface area (Å²) in [5.41, 5.74) is 1.07. The fraction of sp³-hybridized carbons (Fsp3) is 0.312. The molecule has 1 atom stereocenters. The van der Waals surface area contributed by atoms with Crippen molar-refractivity contribution in [1.82, 2.24) is 5.32 Å². The van der Waals surface area contributed by atoms with Crippen LogP contribution >= 0.6 is 0 Å². The van der Waals surface area contributed by atoms with Crippen LogP contribution in [-0.4, -0.2) is 24.7 Å². The van der Waals surface area contributed by atoms with Crippen LogP contribution in [0.5, 0.6) is 5.75 Å². The molecule has 21 heavy (non-hydrogen) atoms. The summed E-state index contributed by atoms with van der Waals surface area (Å²) in [6.07, 6.45) is 1.69. The van der Waals surface area contributed by atoms with Crippen LogP contribution in [-0.2, 0) is 11.2 Å². The molecular formula is C16H19NO4. The third-order valence-electron chi connectivity index (χ3n) is 3.16. The van der Waals surface area contributed by atoms with Gasteiger partial charge in [0.05, 0.1) is 19.9 Å². The first kappa shape index (κ1) is 15.1. The van der Waals surface area contributed by atoms with E-state index in [1.54, 1.807) is 19.2 Å². The van der Waals surface area contributed by atoms with Gasteiger partial charge < -0.3 is 19.6 Å². The number of aryl methyl sites for hydroxylation is 1. The van der Waals surface area contributed by atoms with E-state index >= 15 is 0 Å². The normalized spacial score (nSPS) is 11.9. The fourth-order valence-corrected chi connectivity index (χ4v) is 1.93. The van der Waals surface area contributed by atoms with Gasteiger partial charge in [-0.1, -0.05) is 12.1 Å². The van der Waals surface area contributed by atoms with Crippen LogP contribution in [0.2, 0.25) is 0 Å². The zero-order valence-electron chi connectivity index (χ0n) is 11.9. The minimum absolute atomic E-state index is 0.101. The number of aliphatic hydroxyl groups is 1. The SMILES string of the molecule is COc1ccc(CCC(=O)NCC(O)c2ccco2)cc1. The number of nitrogens with one attached hydrogen (secondary N) is 1. The smallest absolute Gasteiger partial charge is 0.220 e. The number of hydrogen-bond donors (Lipinski definition) is 2. The van der Waals surface area contributed by atoms with Crippen molar-refractivity contribution >= 4 is 5.91 Å². The highest BCUT2D eigenvalue weighted by Crippen LogP contribution is 2.13. The van der Waals surface area contributed by atoms with Gasteiger partial charge in [0.2, 0.25) is 5.91 Å². The molecule has 0 aliphatic rings. The molecule has 1 aromatic heterocycles. The maximum atomic E-state index is 11.7. The molecule has 1 aromatic carbocycles. The van der Waals surface area contributed by atoms with E-state index in [2.05, 4.69) is 5.32 Å². The minimum Gasteiger partial charge on any atom is -0.497 e. The minimum atomic E-state index is -0.815. The predicted molar refractivity (Wildman–Crippen MR) is 78.0 cm³/mol. The van der Waals surface area contributed by atoms with Crippen molar-refractivity contribution in [2.45, 2.75) is 18.9 Å². The van der Waals surface area contributed by atoms with Crippen molar-refractivity contribution in [2.24, 2.45) is 0 Å². The van der Waals surface area contributed by atoms with E-state index < -0.39 is 6.10 Å². The molecule has 0 saturated heterocycles. The maximum Gasteiger partial charge on any atom is 0.220 e. The summed E-state index contributed by atoms with van der Waals surface area (Å²) in [5, 5.41) is 12.5. The number of aliphatic hydroxyl groups excluding tert-OH is 1. The van der Waals surface area contributed by atoms with Crippen LogP contribution in [0, 0.1) is 0 Å². The van der Waals surface area contributed by atoms with E-state index in [9.17, 15) is 9.90 Å². The Kier molecular flexibility index (Phi) is 5.40. The Hall–Kier alpha value is -2.27. The number of hydrogen-bond acceptors (Lipinski definition) is 4. The lowest BCUT2D eigenvalue weighted by Gasteiger charge is -2.09. The van der Waals surface area contributed by atoms with Gasteiger partial charge in [-0.2, -0.15) is 0 Å². The van der Waals surface area contributed by atoms with Gasteiger partial charge in [-0.05, 0) is 36.2 Å². The van der Waals surface area contributed by atoms with Crippen LogP contribution < -0.4 is 10.1 Å². The third kappa shape index (κ3) is 4.65. The number of ether oxygens (including phenoxy) is 1. The Morgan fingerprint density at radius 3 is 2.71 bits per heavy atom. The Bertz CT molecular complexity index is 548. The van der Waals surface area contributed by atoms with Gasteiger partial charge in [0.1, 0.15) is 17.6 Å². The zero-order valence-corrected chi connectivity index (χ0v) is 11.9. The number of amides is 1. The third-order valence-corrected chi connectivity index (χ3v) is 3.16. The van der Waals surface area contributed by atoms with Gasteiger partial charge in [-0.3, -0.25) is 4.79 Å². The molecule has 2 N–H and O–H groups in total. The molecule has 1 amide bonds. The second-order valence-electron chi connectivity index (χ2n) is 4.68. The van der Waals surface area contributed by atoms with E-state index in [-0.39, 0.29) is 12.5 Å². The highest BCUT2D eigenvalue weighted by molar-refractivity contribution is 5.76. The van der Waals surface area contributed by atoms with Crippen LogP contribution in [0.25, 0.3) is 0 Å². The van der Waals surface area contributed by atoms with Crippen LogP contribution in [0.1, 0.15) is 23.8 Å². The number of furan rings is 1. The molecule has 1 unspecified atom stereocenters. The molecule has 2 rings (SSSR count). The van der Waals surface area contributed by atoms with E-state index in [1.807, 2.05) is 24.3 Å². The summed E-state index contributed by atoms with van der Waals surface area (Å²) in [7, 11) is 1.62. The number of carbonyl (C=O) groups is 1. The van der Waals surface area contributed by atoms with Crippen LogP contribution in [0.3, 0.4) is 0 Å². The average Bonchev–Trinajstić information content (AvgIpc) is 3.05. The van der Waals surface area contributed by atoms with E-state index in [0.29, 0.717) is 18.6 Å². The summed E-state index contributed by atoms with van der Waals surface area (Å²) in [6.45, 7) is 0.148. The number of benzene rings is 1. The lowest BCUT2D eigenvalue weighted by molar-refractivity contribution is -0.121. The molecule has 0 radical (unpaired) electrons. The van der Waals surface area contributed by atoms with Gasteiger partial charge in [0, 0.05) is 6.42 Å². The van der Waals surface area contributed by atoms with Crippen molar-refractivity contribution in [2.75, 3.05) is 13.7 Å². The molecule has 5 nitrogen and oxygen atoms in total. The molecule has 0 aliphatic carbocycles. The molecule has 5 heteroatoms. The Balaban J connectivity index is 1.71. The highest BCUT2D eigenvalue weighted by Gasteiger charge is 2.11. The summed E-state index contributed by atoms with van der Waals surface area (Å²) in [6, 6.07) is 11.0. The van der Waals surface area contributed by atoms with E-state index in [1.165, 1.54) is 6.26 Å². The van der Waals surface area contributed by atoms with Gasteiger partial charge in [0.25, 0.3) is 0 Å². The standard InChI is InChI=1S/C16H19NO4/c1-20-13-7-4-12(5-8-13)6-9-16(19)17-11-14(18)15-3-2-10-21-15/h2-5,7-8,10,14,18H,6,9,11H2,1H3,(H,17,19). The van der Waals surface area contributed by atoms with Crippen molar-refractivity contribution in [3.8, 4) is 5.75 Å². The average molecular weight is 289 g/mol. The second kappa shape index (κ2) is 7.50. The lowest BCUT2D eigenvalue weighted by Crippen LogP contribution is -2.28. The summed E-state index contributed by atoms with van der Waals surface area (Å²) >= 11 is 0. The summed E-state index contributed by atoms with van der Waals surface area (Å²) in [5.74, 6) is 1.15. The largest absolute Gasteiger partial charge is 0.497 e. The maximum absolute atomic E-state index is 11.7. The van der Waals surface area contributed by atoms with E-state index in [0.717, 1.165) is 11.3 Å². The molecule has 1 heterocycles. The molecule has 0 spiro atoms. The van der Waals surface area contributed by atoms with Gasteiger partial charge in [-0.25, -0.2) is 0 Å². The fourth-order valence-electron chi connectivity index (χ4n) is 1.93. The molecule has 0 bridgehead atoms. The summed E-state index contributed by atoms with van der Waals surface area (Å²) in [4.78, 5) is 11.7.